The average Bonchev–Trinajstić information content (AvgIpc) is 2.49. The summed E-state index contributed by atoms with van der Waals surface area (Å²) in [4.78, 5) is 14.6. The van der Waals surface area contributed by atoms with Crippen molar-refractivity contribution in [1.29, 1.82) is 0 Å². The lowest BCUT2D eigenvalue weighted by molar-refractivity contribution is -0.137. The molecular formula is C9H6Cl2N2O2. The van der Waals surface area contributed by atoms with Crippen molar-refractivity contribution >= 4 is 40.2 Å². The molecule has 1 N–H and O–H groups in total. The Bertz CT molecular complexity index is 536. The van der Waals surface area contributed by atoms with Gasteiger partial charge in [0, 0.05) is 0 Å². The SMILES string of the molecule is O=C(O)Cn1cnc2cc(Cl)c(Cl)cc21. The molecule has 6 heteroatoms. The highest BCUT2D eigenvalue weighted by Gasteiger charge is 2.08. The summed E-state index contributed by atoms with van der Waals surface area (Å²) in [5.74, 6) is -0.930. The number of benzene rings is 1. The Labute approximate surface area is 95.0 Å². The third-order valence-corrected chi connectivity index (χ3v) is 2.69. The van der Waals surface area contributed by atoms with Gasteiger partial charge in [0.15, 0.2) is 0 Å². The molecule has 0 aliphatic carbocycles. The van der Waals surface area contributed by atoms with E-state index in [0.29, 0.717) is 21.1 Å². The molecule has 0 saturated heterocycles. The number of hydrogen-bond donors (Lipinski definition) is 1. The summed E-state index contributed by atoms with van der Waals surface area (Å²) >= 11 is 11.6. The van der Waals surface area contributed by atoms with Gasteiger partial charge in [0.2, 0.25) is 0 Å². The van der Waals surface area contributed by atoms with Crippen LogP contribution in [-0.2, 0) is 11.3 Å². The highest BCUT2D eigenvalue weighted by molar-refractivity contribution is 6.42. The molecule has 15 heavy (non-hydrogen) atoms. The van der Waals surface area contributed by atoms with Gasteiger partial charge in [-0.1, -0.05) is 23.2 Å². The van der Waals surface area contributed by atoms with Crippen molar-refractivity contribution < 1.29 is 9.90 Å². The number of hydrogen-bond acceptors (Lipinski definition) is 2. The van der Waals surface area contributed by atoms with Gasteiger partial charge in [-0.25, -0.2) is 4.98 Å². The van der Waals surface area contributed by atoms with Gasteiger partial charge < -0.3 is 9.67 Å². The third kappa shape index (κ3) is 1.91. The predicted octanol–water partition coefficient (Wildman–Crippen LogP) is 2.43. The smallest absolute Gasteiger partial charge is 0.323 e. The molecule has 0 spiro atoms. The fourth-order valence-electron chi connectivity index (χ4n) is 1.33. The zero-order chi connectivity index (χ0) is 11.0. The van der Waals surface area contributed by atoms with E-state index in [1.54, 1.807) is 12.1 Å². The Hall–Kier alpha value is -1.26. The Morgan fingerprint density at radius 2 is 2.07 bits per heavy atom. The van der Waals surface area contributed by atoms with E-state index in [2.05, 4.69) is 4.98 Å². The highest BCUT2D eigenvalue weighted by Crippen LogP contribution is 2.27. The van der Waals surface area contributed by atoms with Crippen LogP contribution in [0.4, 0.5) is 0 Å². The van der Waals surface area contributed by atoms with Crippen LogP contribution in [-0.4, -0.2) is 20.6 Å². The molecule has 0 saturated carbocycles. The molecule has 2 rings (SSSR count). The normalized spacial score (nSPS) is 10.8. The van der Waals surface area contributed by atoms with E-state index in [9.17, 15) is 4.79 Å². The van der Waals surface area contributed by atoms with Crippen molar-refractivity contribution in [2.45, 2.75) is 6.54 Å². The minimum absolute atomic E-state index is 0.144. The lowest BCUT2D eigenvalue weighted by Gasteiger charge is -2.00. The van der Waals surface area contributed by atoms with Crippen LogP contribution in [0, 0.1) is 0 Å². The number of aliphatic carboxylic acids is 1. The van der Waals surface area contributed by atoms with Crippen molar-refractivity contribution in [3.8, 4) is 0 Å². The van der Waals surface area contributed by atoms with Gasteiger partial charge in [-0.15, -0.1) is 0 Å². The fourth-order valence-corrected chi connectivity index (χ4v) is 1.64. The van der Waals surface area contributed by atoms with Gasteiger partial charge in [0.25, 0.3) is 0 Å². The maximum absolute atomic E-state index is 10.6. The van der Waals surface area contributed by atoms with Gasteiger partial charge in [-0.05, 0) is 12.1 Å². The highest BCUT2D eigenvalue weighted by atomic mass is 35.5. The number of rotatable bonds is 2. The molecule has 2 aromatic rings. The van der Waals surface area contributed by atoms with Crippen LogP contribution in [0.2, 0.25) is 10.0 Å². The molecule has 1 aromatic carbocycles. The molecule has 0 radical (unpaired) electrons. The average molecular weight is 245 g/mol. The lowest BCUT2D eigenvalue weighted by atomic mass is 10.3. The van der Waals surface area contributed by atoms with E-state index >= 15 is 0 Å². The van der Waals surface area contributed by atoms with Gasteiger partial charge in [0.1, 0.15) is 6.54 Å². The first-order chi connectivity index (χ1) is 7.08. The Kier molecular flexibility index (Phi) is 2.54. The zero-order valence-electron chi connectivity index (χ0n) is 7.44. The van der Waals surface area contributed by atoms with Gasteiger partial charge >= 0.3 is 5.97 Å². The lowest BCUT2D eigenvalue weighted by Crippen LogP contribution is -2.07. The van der Waals surface area contributed by atoms with E-state index in [0.717, 1.165) is 0 Å². The summed E-state index contributed by atoms with van der Waals surface area (Å²) in [7, 11) is 0. The maximum Gasteiger partial charge on any atom is 0.323 e. The first-order valence-electron chi connectivity index (χ1n) is 4.09. The second kappa shape index (κ2) is 3.72. The van der Waals surface area contributed by atoms with Crippen molar-refractivity contribution in [3.05, 3.63) is 28.5 Å². The van der Waals surface area contributed by atoms with Crippen LogP contribution in [0.15, 0.2) is 18.5 Å². The van der Waals surface area contributed by atoms with Gasteiger partial charge in [0.05, 0.1) is 27.4 Å². The minimum Gasteiger partial charge on any atom is -0.480 e. The van der Waals surface area contributed by atoms with Crippen molar-refractivity contribution in [2.75, 3.05) is 0 Å². The maximum atomic E-state index is 10.6. The number of carboxylic acid groups (broad SMARTS) is 1. The summed E-state index contributed by atoms with van der Waals surface area (Å²) in [6.07, 6.45) is 1.45. The van der Waals surface area contributed by atoms with Crippen LogP contribution in [0.1, 0.15) is 0 Å². The van der Waals surface area contributed by atoms with Crippen molar-refractivity contribution in [1.82, 2.24) is 9.55 Å². The molecule has 78 valence electrons. The molecule has 1 aromatic heterocycles. The van der Waals surface area contributed by atoms with E-state index in [4.69, 9.17) is 28.3 Å². The molecule has 1 heterocycles. The van der Waals surface area contributed by atoms with E-state index < -0.39 is 5.97 Å². The molecular weight excluding hydrogens is 239 g/mol. The van der Waals surface area contributed by atoms with Crippen molar-refractivity contribution in [3.63, 3.8) is 0 Å². The number of fused-ring (bicyclic) bond motifs is 1. The molecule has 0 atom stereocenters. The summed E-state index contributed by atoms with van der Waals surface area (Å²) in [6.45, 7) is -0.144. The van der Waals surface area contributed by atoms with E-state index in [1.165, 1.54) is 10.9 Å². The number of imidazole rings is 1. The first-order valence-corrected chi connectivity index (χ1v) is 4.85. The zero-order valence-corrected chi connectivity index (χ0v) is 8.96. The van der Waals surface area contributed by atoms with E-state index in [-0.39, 0.29) is 6.54 Å². The topological polar surface area (TPSA) is 55.1 Å². The summed E-state index contributed by atoms with van der Waals surface area (Å²) in [5, 5.41) is 9.45. The fraction of sp³-hybridized carbons (Fsp3) is 0.111. The standard InChI is InChI=1S/C9H6Cl2N2O2/c10-5-1-7-8(2-6(5)11)13(4-12-7)3-9(14)15/h1-2,4H,3H2,(H,14,15). The Morgan fingerprint density at radius 1 is 1.40 bits per heavy atom. The number of carboxylic acids is 1. The monoisotopic (exact) mass is 244 g/mol. The number of aromatic nitrogens is 2. The molecule has 0 unspecified atom stereocenters. The van der Waals surface area contributed by atoms with Crippen LogP contribution >= 0.6 is 23.2 Å². The molecule has 0 aliphatic heterocycles. The minimum atomic E-state index is -0.930. The summed E-state index contributed by atoms with van der Waals surface area (Å²) in [5.41, 5.74) is 1.29. The number of carbonyl (C=O) groups is 1. The van der Waals surface area contributed by atoms with Crippen LogP contribution in [0.5, 0.6) is 0 Å². The predicted molar refractivity (Wildman–Crippen MR) is 57.4 cm³/mol. The molecule has 0 amide bonds. The number of nitrogens with zero attached hydrogens (tertiary/aromatic N) is 2. The van der Waals surface area contributed by atoms with Crippen LogP contribution in [0.25, 0.3) is 11.0 Å². The van der Waals surface area contributed by atoms with Crippen LogP contribution < -0.4 is 0 Å². The summed E-state index contributed by atoms with van der Waals surface area (Å²) < 4.78 is 1.50. The molecule has 0 bridgehead atoms. The molecule has 0 fully saturated rings. The Balaban J connectivity index is 2.59. The largest absolute Gasteiger partial charge is 0.480 e. The number of halogens is 2. The summed E-state index contributed by atoms with van der Waals surface area (Å²) in [6, 6.07) is 3.22. The quantitative estimate of drug-likeness (QED) is 0.883. The second-order valence-electron chi connectivity index (χ2n) is 3.02. The van der Waals surface area contributed by atoms with Crippen LogP contribution in [0.3, 0.4) is 0 Å². The first kappa shape index (κ1) is 10.3. The third-order valence-electron chi connectivity index (χ3n) is 1.97. The second-order valence-corrected chi connectivity index (χ2v) is 3.84. The van der Waals surface area contributed by atoms with Gasteiger partial charge in [-0.2, -0.15) is 0 Å². The molecule has 0 aliphatic rings. The van der Waals surface area contributed by atoms with Gasteiger partial charge in [-0.3, -0.25) is 4.79 Å². The van der Waals surface area contributed by atoms with E-state index in [1.807, 2.05) is 0 Å². The Morgan fingerprint density at radius 3 is 2.73 bits per heavy atom. The van der Waals surface area contributed by atoms with Crippen molar-refractivity contribution in [2.24, 2.45) is 0 Å². The molecule has 4 nitrogen and oxygen atoms in total.